The van der Waals surface area contributed by atoms with Gasteiger partial charge in [0.15, 0.2) is 11.5 Å². The molecule has 0 amide bonds. The Kier molecular flexibility index (Phi) is 13.4. The van der Waals surface area contributed by atoms with Crippen molar-refractivity contribution in [2.45, 2.75) is 46.5 Å². The summed E-state index contributed by atoms with van der Waals surface area (Å²) in [6, 6.07) is 16.4. The molecule has 0 heterocycles. The highest BCUT2D eigenvalue weighted by Gasteiger charge is 2.16. The standard InChI is InChI=1S/C27H28O7.C4H10O/c1-5-6-14-32-24-12-10-20(17-25(24)31-4)26(28)33-22-11-13-23(18(2)15-22)34-27(29)19-8-7-9-21(16-19)30-3;1-2-3-4-5/h7-13,15-17H,5-6,14H2,1-4H3;5H,2-4H2,1H3. The van der Waals surface area contributed by atoms with Gasteiger partial charge in [-0.3, -0.25) is 0 Å². The number of hydrogen-bond acceptors (Lipinski definition) is 8. The molecule has 0 spiro atoms. The van der Waals surface area contributed by atoms with Crippen LogP contribution in [0.4, 0.5) is 0 Å². The maximum atomic E-state index is 12.7. The number of methoxy groups -OCH3 is 2. The summed E-state index contributed by atoms with van der Waals surface area (Å²) in [4.78, 5) is 25.1. The Bertz CT molecular complexity index is 1200. The number of unbranched alkanes of at least 4 members (excludes halogenated alkanes) is 2. The van der Waals surface area contributed by atoms with E-state index in [1.54, 1.807) is 67.6 Å². The van der Waals surface area contributed by atoms with Gasteiger partial charge in [-0.2, -0.15) is 0 Å². The third-order valence-electron chi connectivity index (χ3n) is 5.53. The Labute approximate surface area is 230 Å². The van der Waals surface area contributed by atoms with Crippen LogP contribution >= 0.6 is 0 Å². The van der Waals surface area contributed by atoms with E-state index in [0.717, 1.165) is 25.7 Å². The van der Waals surface area contributed by atoms with Crippen LogP contribution in [0, 0.1) is 6.92 Å². The highest BCUT2D eigenvalue weighted by Crippen LogP contribution is 2.30. The molecule has 3 aromatic carbocycles. The van der Waals surface area contributed by atoms with Crippen LogP contribution in [0.1, 0.15) is 65.8 Å². The first-order chi connectivity index (χ1) is 18.9. The molecule has 0 saturated carbocycles. The fourth-order valence-electron chi connectivity index (χ4n) is 3.27. The maximum absolute atomic E-state index is 12.7. The van der Waals surface area contributed by atoms with E-state index < -0.39 is 11.9 Å². The number of hydrogen-bond donors (Lipinski definition) is 1. The van der Waals surface area contributed by atoms with Crippen LogP contribution < -0.4 is 23.7 Å². The molecule has 0 saturated heterocycles. The van der Waals surface area contributed by atoms with Crippen molar-refractivity contribution in [3.8, 4) is 28.7 Å². The van der Waals surface area contributed by atoms with E-state index in [2.05, 4.69) is 13.8 Å². The van der Waals surface area contributed by atoms with E-state index >= 15 is 0 Å². The zero-order valence-corrected chi connectivity index (χ0v) is 23.3. The highest BCUT2D eigenvalue weighted by molar-refractivity contribution is 5.92. The molecule has 0 radical (unpaired) electrons. The van der Waals surface area contributed by atoms with E-state index in [4.69, 9.17) is 28.8 Å². The molecule has 3 rings (SSSR count). The molecule has 210 valence electrons. The van der Waals surface area contributed by atoms with Crippen LogP contribution in [0.15, 0.2) is 60.7 Å². The number of aryl methyl sites for hydroxylation is 1. The molecule has 0 unspecified atom stereocenters. The van der Waals surface area contributed by atoms with Crippen LogP contribution in [-0.2, 0) is 0 Å². The molecular formula is C31H38O8. The molecule has 0 bridgehead atoms. The first-order valence-corrected chi connectivity index (χ1v) is 13.0. The zero-order valence-electron chi connectivity index (χ0n) is 23.3. The number of aliphatic hydroxyl groups is 1. The smallest absolute Gasteiger partial charge is 0.343 e. The number of carbonyl (C=O) groups is 2. The number of carbonyl (C=O) groups excluding carboxylic acids is 2. The molecule has 8 nitrogen and oxygen atoms in total. The van der Waals surface area contributed by atoms with Gasteiger partial charge in [0.1, 0.15) is 17.2 Å². The second-order valence-corrected chi connectivity index (χ2v) is 8.58. The van der Waals surface area contributed by atoms with Gasteiger partial charge in [0.25, 0.3) is 0 Å². The summed E-state index contributed by atoms with van der Waals surface area (Å²) < 4.78 is 27.2. The predicted molar refractivity (Wildman–Crippen MR) is 149 cm³/mol. The monoisotopic (exact) mass is 538 g/mol. The van der Waals surface area contributed by atoms with Crippen molar-refractivity contribution in [1.82, 2.24) is 0 Å². The Morgan fingerprint density at radius 3 is 2.03 bits per heavy atom. The van der Waals surface area contributed by atoms with Crippen molar-refractivity contribution in [3.63, 3.8) is 0 Å². The average Bonchev–Trinajstić information content (AvgIpc) is 2.95. The largest absolute Gasteiger partial charge is 0.497 e. The molecule has 0 atom stereocenters. The Morgan fingerprint density at radius 1 is 0.718 bits per heavy atom. The molecule has 0 aromatic heterocycles. The van der Waals surface area contributed by atoms with Crippen molar-refractivity contribution in [2.24, 2.45) is 0 Å². The average molecular weight is 539 g/mol. The van der Waals surface area contributed by atoms with E-state index in [-0.39, 0.29) is 0 Å². The fourth-order valence-corrected chi connectivity index (χ4v) is 3.27. The first kappa shape index (κ1) is 31.2. The van der Waals surface area contributed by atoms with Crippen LogP contribution in [0.3, 0.4) is 0 Å². The first-order valence-electron chi connectivity index (χ1n) is 13.0. The van der Waals surface area contributed by atoms with Gasteiger partial charge in [0.05, 0.1) is 32.0 Å². The van der Waals surface area contributed by atoms with Crippen LogP contribution in [-0.4, -0.2) is 44.5 Å². The van der Waals surface area contributed by atoms with Gasteiger partial charge < -0.3 is 28.8 Å². The van der Waals surface area contributed by atoms with Crippen LogP contribution in [0.5, 0.6) is 28.7 Å². The fraction of sp³-hybridized carbons (Fsp3) is 0.355. The lowest BCUT2D eigenvalue weighted by Gasteiger charge is -2.12. The van der Waals surface area contributed by atoms with Gasteiger partial charge in [0, 0.05) is 6.61 Å². The summed E-state index contributed by atoms with van der Waals surface area (Å²) in [5.41, 5.74) is 1.33. The molecule has 8 heteroatoms. The summed E-state index contributed by atoms with van der Waals surface area (Å²) in [5, 5.41) is 8.07. The molecule has 39 heavy (non-hydrogen) atoms. The van der Waals surface area contributed by atoms with Crippen molar-refractivity contribution in [2.75, 3.05) is 27.4 Å². The van der Waals surface area contributed by atoms with Gasteiger partial charge >= 0.3 is 11.9 Å². The Balaban J connectivity index is 0.000000976. The van der Waals surface area contributed by atoms with Crippen LogP contribution in [0.2, 0.25) is 0 Å². The van der Waals surface area contributed by atoms with E-state index in [0.29, 0.717) is 58.7 Å². The number of aliphatic hydroxyl groups excluding tert-OH is 1. The highest BCUT2D eigenvalue weighted by atomic mass is 16.5. The van der Waals surface area contributed by atoms with Crippen molar-refractivity contribution < 1.29 is 38.4 Å². The Morgan fingerprint density at radius 2 is 1.41 bits per heavy atom. The van der Waals surface area contributed by atoms with Crippen molar-refractivity contribution >= 4 is 11.9 Å². The second kappa shape index (κ2) is 16.7. The van der Waals surface area contributed by atoms with Gasteiger partial charge in [-0.25, -0.2) is 9.59 Å². The van der Waals surface area contributed by atoms with Gasteiger partial charge in [-0.1, -0.05) is 32.8 Å². The number of esters is 2. The van der Waals surface area contributed by atoms with E-state index in [1.807, 2.05) is 0 Å². The summed E-state index contributed by atoms with van der Waals surface area (Å²) in [6.45, 7) is 6.81. The minimum Gasteiger partial charge on any atom is -0.497 e. The minimum absolute atomic E-state index is 0.325. The lowest BCUT2D eigenvalue weighted by atomic mass is 10.2. The molecule has 0 fully saturated rings. The summed E-state index contributed by atoms with van der Waals surface area (Å²) >= 11 is 0. The topological polar surface area (TPSA) is 101 Å². The normalized spacial score (nSPS) is 10.1. The lowest BCUT2D eigenvalue weighted by Crippen LogP contribution is -2.11. The molecule has 0 aliphatic heterocycles. The summed E-state index contributed by atoms with van der Waals surface area (Å²) in [7, 11) is 3.05. The lowest BCUT2D eigenvalue weighted by molar-refractivity contribution is 0.0718. The van der Waals surface area contributed by atoms with E-state index in [9.17, 15) is 9.59 Å². The third-order valence-corrected chi connectivity index (χ3v) is 5.53. The van der Waals surface area contributed by atoms with Gasteiger partial charge in [-0.15, -0.1) is 0 Å². The number of rotatable bonds is 12. The van der Waals surface area contributed by atoms with Crippen molar-refractivity contribution in [1.29, 1.82) is 0 Å². The van der Waals surface area contributed by atoms with Gasteiger partial charge in [0.2, 0.25) is 0 Å². The third kappa shape index (κ3) is 9.98. The van der Waals surface area contributed by atoms with Crippen molar-refractivity contribution in [3.05, 3.63) is 77.4 Å². The Hall–Kier alpha value is -4.04. The second-order valence-electron chi connectivity index (χ2n) is 8.58. The zero-order chi connectivity index (χ0) is 28.6. The summed E-state index contributed by atoms with van der Waals surface area (Å²) in [6.07, 6.45) is 3.98. The number of ether oxygens (including phenoxy) is 5. The molecule has 0 aliphatic rings. The van der Waals surface area contributed by atoms with Gasteiger partial charge in [-0.05, 0) is 79.9 Å². The molecule has 3 aromatic rings. The minimum atomic E-state index is -0.543. The van der Waals surface area contributed by atoms with Crippen LogP contribution in [0.25, 0.3) is 0 Å². The molecule has 1 N–H and O–H groups in total. The number of benzene rings is 3. The summed E-state index contributed by atoms with van der Waals surface area (Å²) in [5.74, 6) is 1.23. The molecule has 0 aliphatic carbocycles. The molecular weight excluding hydrogens is 500 g/mol. The maximum Gasteiger partial charge on any atom is 0.343 e. The van der Waals surface area contributed by atoms with E-state index in [1.165, 1.54) is 14.2 Å². The predicted octanol–water partition coefficient (Wildman–Crippen LogP) is 6.41. The SMILES string of the molecule is CCCCO.CCCCOc1ccc(C(=O)Oc2ccc(OC(=O)c3cccc(OC)c3)c(C)c2)cc1OC. The quantitative estimate of drug-likeness (QED) is 0.160.